The molecule has 0 aromatic carbocycles. The Morgan fingerprint density at radius 3 is 1.55 bits per heavy atom. The van der Waals surface area contributed by atoms with E-state index in [0.29, 0.717) is 13.2 Å². The van der Waals surface area contributed by atoms with Crippen LogP contribution in [0.2, 0.25) is 0 Å². The summed E-state index contributed by atoms with van der Waals surface area (Å²) < 4.78 is 20.8. The predicted octanol–water partition coefficient (Wildman–Crippen LogP) is 1.62. The summed E-state index contributed by atoms with van der Waals surface area (Å²) in [6.45, 7) is 11.6. The van der Waals surface area contributed by atoms with Gasteiger partial charge < -0.3 is 29.2 Å². The van der Waals surface area contributed by atoms with Crippen molar-refractivity contribution in [3.8, 4) is 0 Å². The van der Waals surface area contributed by atoms with Crippen LogP contribution in [0.5, 0.6) is 0 Å². The molecule has 4 atom stereocenters. The van der Waals surface area contributed by atoms with Crippen molar-refractivity contribution in [1.82, 2.24) is 0 Å². The molecule has 0 aliphatic carbocycles. The molecule has 0 aromatic rings. The lowest BCUT2D eigenvalue weighted by atomic mass is 10.4. The van der Waals surface area contributed by atoms with Gasteiger partial charge in [0.15, 0.2) is 0 Å². The van der Waals surface area contributed by atoms with Gasteiger partial charge in [-0.25, -0.2) is 0 Å². The first-order valence-electron chi connectivity index (χ1n) is 8.00. The van der Waals surface area contributed by atoms with Gasteiger partial charge in [0.1, 0.15) is 0 Å². The minimum atomic E-state index is -0.0856. The Morgan fingerprint density at radius 2 is 1.18 bits per heavy atom. The zero-order chi connectivity index (χ0) is 17.4. The molecule has 0 aliphatic rings. The standard InChI is InChI=1S/C9H20O3.C7H16O3/c1-4-5-11-9(3)7-12-8(2)6-10;1-6(4-8)10-5-7(2)9-3/h8-10H,4-7H2,1-3H3;6-8H,4-5H2,1-3H3. The van der Waals surface area contributed by atoms with Gasteiger partial charge in [-0.2, -0.15) is 0 Å². The van der Waals surface area contributed by atoms with E-state index in [-0.39, 0.29) is 37.6 Å². The van der Waals surface area contributed by atoms with E-state index in [1.165, 1.54) is 0 Å². The lowest BCUT2D eigenvalue weighted by Crippen LogP contribution is -2.22. The molecular formula is C16H36O6. The quantitative estimate of drug-likeness (QED) is 0.568. The zero-order valence-corrected chi connectivity index (χ0v) is 15.1. The van der Waals surface area contributed by atoms with Crippen LogP contribution in [-0.4, -0.2) is 74.8 Å². The average Bonchev–Trinajstić information content (AvgIpc) is 2.55. The molecule has 2 N–H and O–H groups in total. The molecule has 6 nitrogen and oxygen atoms in total. The second-order valence-corrected chi connectivity index (χ2v) is 5.38. The number of hydrogen-bond donors (Lipinski definition) is 2. The normalized spacial score (nSPS) is 16.4. The number of aliphatic hydroxyl groups excluding tert-OH is 2. The van der Waals surface area contributed by atoms with Crippen molar-refractivity contribution in [1.29, 1.82) is 0 Å². The van der Waals surface area contributed by atoms with Crippen molar-refractivity contribution >= 4 is 0 Å². The van der Waals surface area contributed by atoms with Crippen LogP contribution in [0.15, 0.2) is 0 Å². The van der Waals surface area contributed by atoms with Crippen molar-refractivity contribution in [3.63, 3.8) is 0 Å². The third-order valence-electron chi connectivity index (χ3n) is 2.75. The topological polar surface area (TPSA) is 77.4 Å². The Morgan fingerprint density at radius 1 is 0.727 bits per heavy atom. The summed E-state index contributed by atoms with van der Waals surface area (Å²) >= 11 is 0. The maximum absolute atomic E-state index is 8.66. The Kier molecular flexibility index (Phi) is 18.7. The molecule has 0 fully saturated rings. The molecule has 0 aromatic heterocycles. The molecule has 0 saturated heterocycles. The first kappa shape index (κ1) is 24.0. The van der Waals surface area contributed by atoms with Crippen molar-refractivity contribution in [2.45, 2.75) is 65.5 Å². The third kappa shape index (κ3) is 17.8. The van der Waals surface area contributed by atoms with E-state index in [1.54, 1.807) is 7.11 Å². The van der Waals surface area contributed by atoms with Gasteiger partial charge in [0.25, 0.3) is 0 Å². The van der Waals surface area contributed by atoms with Crippen molar-refractivity contribution in [2.24, 2.45) is 0 Å². The van der Waals surface area contributed by atoms with E-state index in [1.807, 2.05) is 27.7 Å². The fourth-order valence-corrected chi connectivity index (χ4v) is 1.14. The molecule has 0 radical (unpaired) electrons. The molecule has 22 heavy (non-hydrogen) atoms. The Labute approximate surface area is 135 Å². The van der Waals surface area contributed by atoms with Gasteiger partial charge in [-0.3, -0.25) is 0 Å². The highest BCUT2D eigenvalue weighted by molar-refractivity contribution is 4.51. The average molecular weight is 324 g/mol. The summed E-state index contributed by atoms with van der Waals surface area (Å²) in [5.41, 5.74) is 0. The molecule has 6 heteroatoms. The lowest BCUT2D eigenvalue weighted by Gasteiger charge is -2.15. The van der Waals surface area contributed by atoms with Crippen LogP contribution < -0.4 is 0 Å². The highest BCUT2D eigenvalue weighted by Gasteiger charge is 2.05. The van der Waals surface area contributed by atoms with Gasteiger partial charge in [-0.1, -0.05) is 6.92 Å². The third-order valence-corrected chi connectivity index (χ3v) is 2.75. The SMILES string of the molecule is CCCOC(C)COC(C)CO.COC(C)COC(C)CO. The van der Waals surface area contributed by atoms with Crippen LogP contribution in [0, 0.1) is 0 Å². The van der Waals surface area contributed by atoms with Gasteiger partial charge in [0.2, 0.25) is 0 Å². The summed E-state index contributed by atoms with van der Waals surface area (Å²) in [4.78, 5) is 0. The Hall–Kier alpha value is -0.240. The van der Waals surface area contributed by atoms with E-state index in [4.69, 9.17) is 29.2 Å². The van der Waals surface area contributed by atoms with Crippen LogP contribution >= 0.6 is 0 Å². The van der Waals surface area contributed by atoms with Crippen LogP contribution in [0.1, 0.15) is 41.0 Å². The van der Waals surface area contributed by atoms with E-state index in [9.17, 15) is 0 Å². The molecule has 4 unspecified atom stereocenters. The number of ether oxygens (including phenoxy) is 4. The van der Waals surface area contributed by atoms with Crippen molar-refractivity contribution in [2.75, 3.05) is 40.1 Å². The Bertz CT molecular complexity index is 205. The number of methoxy groups -OCH3 is 1. The van der Waals surface area contributed by atoms with Gasteiger partial charge in [0, 0.05) is 13.7 Å². The largest absolute Gasteiger partial charge is 0.394 e. The minimum Gasteiger partial charge on any atom is -0.394 e. The molecule has 0 heterocycles. The van der Waals surface area contributed by atoms with E-state index in [0.717, 1.165) is 13.0 Å². The highest BCUT2D eigenvalue weighted by Crippen LogP contribution is 1.96. The molecular weight excluding hydrogens is 288 g/mol. The van der Waals surface area contributed by atoms with E-state index < -0.39 is 0 Å². The Balaban J connectivity index is 0. The summed E-state index contributed by atoms with van der Waals surface area (Å²) in [6, 6.07) is 0. The number of aliphatic hydroxyl groups is 2. The second kappa shape index (κ2) is 17.1. The van der Waals surface area contributed by atoms with Gasteiger partial charge >= 0.3 is 0 Å². The van der Waals surface area contributed by atoms with Crippen LogP contribution in [0.4, 0.5) is 0 Å². The first-order chi connectivity index (χ1) is 10.4. The highest BCUT2D eigenvalue weighted by atomic mass is 16.5. The smallest absolute Gasteiger partial charge is 0.0780 e. The van der Waals surface area contributed by atoms with E-state index >= 15 is 0 Å². The molecule has 0 bridgehead atoms. The number of rotatable bonds is 12. The maximum atomic E-state index is 8.66. The first-order valence-corrected chi connectivity index (χ1v) is 8.00. The van der Waals surface area contributed by atoms with E-state index in [2.05, 4.69) is 6.92 Å². The summed E-state index contributed by atoms with van der Waals surface area (Å²) in [7, 11) is 1.64. The molecule has 0 amide bonds. The predicted molar refractivity (Wildman–Crippen MR) is 87.2 cm³/mol. The van der Waals surface area contributed by atoms with Gasteiger partial charge in [0.05, 0.1) is 50.8 Å². The maximum Gasteiger partial charge on any atom is 0.0780 e. The fourth-order valence-electron chi connectivity index (χ4n) is 1.14. The number of hydrogen-bond acceptors (Lipinski definition) is 6. The van der Waals surface area contributed by atoms with Gasteiger partial charge in [-0.15, -0.1) is 0 Å². The monoisotopic (exact) mass is 324 g/mol. The molecule has 0 aliphatic heterocycles. The van der Waals surface area contributed by atoms with Crippen LogP contribution in [-0.2, 0) is 18.9 Å². The van der Waals surface area contributed by atoms with Crippen molar-refractivity contribution < 1.29 is 29.2 Å². The minimum absolute atomic E-state index is 0.0659. The summed E-state index contributed by atoms with van der Waals surface area (Å²) in [5, 5.41) is 17.2. The zero-order valence-electron chi connectivity index (χ0n) is 15.1. The molecule has 0 spiro atoms. The fraction of sp³-hybridized carbons (Fsp3) is 1.00. The van der Waals surface area contributed by atoms with Gasteiger partial charge in [-0.05, 0) is 34.1 Å². The second-order valence-electron chi connectivity index (χ2n) is 5.38. The summed E-state index contributed by atoms with van der Waals surface area (Å²) in [5.74, 6) is 0. The lowest BCUT2D eigenvalue weighted by molar-refractivity contribution is -0.0451. The van der Waals surface area contributed by atoms with Crippen molar-refractivity contribution in [3.05, 3.63) is 0 Å². The molecule has 0 saturated carbocycles. The summed E-state index contributed by atoms with van der Waals surface area (Å²) in [6.07, 6.45) is 1.09. The molecule has 136 valence electrons. The molecule has 0 rings (SSSR count). The van der Waals surface area contributed by atoms with Crippen LogP contribution in [0.3, 0.4) is 0 Å². The van der Waals surface area contributed by atoms with Crippen LogP contribution in [0.25, 0.3) is 0 Å².